The number of aliphatic carboxylic acids is 1. The molecule has 4 heterocycles. The molecule has 25 heteroatoms. The van der Waals surface area contributed by atoms with Crippen LogP contribution in [0.4, 0.5) is 46.8 Å². The average molecular weight is 1240 g/mol. The van der Waals surface area contributed by atoms with Gasteiger partial charge in [-0.05, 0) is 102 Å². The number of likely N-dealkylation sites (N-methyl/N-ethyl adjacent to an activating group) is 2. The molecule has 0 atom stereocenters. The van der Waals surface area contributed by atoms with Gasteiger partial charge in [-0.15, -0.1) is 0 Å². The molecule has 88 heavy (non-hydrogen) atoms. The van der Waals surface area contributed by atoms with E-state index in [-0.39, 0.29) is 45.6 Å². The lowest BCUT2D eigenvalue weighted by atomic mass is 10.0. The fourth-order valence-corrected chi connectivity index (χ4v) is 9.28. The molecular weight excluding hydrogens is 1160 g/mol. The molecule has 0 radical (unpaired) electrons. The van der Waals surface area contributed by atoms with Crippen molar-refractivity contribution in [3.63, 3.8) is 0 Å². The smallest absolute Gasteiger partial charge is 0.313 e. The summed E-state index contributed by atoms with van der Waals surface area (Å²) in [6, 6.07) is 12.8. The third kappa shape index (κ3) is 20.7. The number of imidazole rings is 2. The van der Waals surface area contributed by atoms with Crippen LogP contribution in [0.5, 0.6) is 11.5 Å². The summed E-state index contributed by atoms with van der Waals surface area (Å²) < 4.78 is 117. The molecule has 4 aromatic carbocycles. The highest BCUT2D eigenvalue weighted by molar-refractivity contribution is 6.07. The Bertz CT molecular complexity index is 3520. The Morgan fingerprint density at radius 1 is 0.534 bits per heavy atom. The largest absolute Gasteiger partial charge is 0.503 e. The number of aryl methyl sites for hydroxylation is 4. The number of esters is 1. The van der Waals surface area contributed by atoms with Gasteiger partial charge in [-0.1, -0.05) is 71.2 Å². The molecule has 17 nitrogen and oxygen atoms in total. The first-order chi connectivity index (χ1) is 41.7. The van der Waals surface area contributed by atoms with Crippen molar-refractivity contribution in [1.29, 1.82) is 0 Å². The third-order valence-electron chi connectivity index (χ3n) is 14.2. The molecule has 8 rings (SSSR count). The van der Waals surface area contributed by atoms with Crippen LogP contribution in [-0.2, 0) is 44.7 Å². The number of carbonyl (C=O) groups excluding carboxylic acids is 1. The van der Waals surface area contributed by atoms with Crippen molar-refractivity contribution in [2.24, 2.45) is 0 Å². The number of carbonyl (C=O) groups is 2. The second-order valence-electron chi connectivity index (χ2n) is 21.2. The molecule has 0 aliphatic heterocycles. The lowest BCUT2D eigenvalue weighted by Crippen LogP contribution is -2.25. The monoisotopic (exact) mass is 1240 g/mol. The minimum absolute atomic E-state index is 0. The zero-order valence-electron chi connectivity index (χ0n) is 49.4. The van der Waals surface area contributed by atoms with Crippen LogP contribution in [0.1, 0.15) is 121 Å². The quantitative estimate of drug-likeness (QED) is 0.00778. The van der Waals surface area contributed by atoms with Crippen LogP contribution in [0.3, 0.4) is 0 Å². The second-order valence-corrected chi connectivity index (χ2v) is 21.2. The van der Waals surface area contributed by atoms with Gasteiger partial charge in [0.25, 0.3) is 0 Å². The summed E-state index contributed by atoms with van der Waals surface area (Å²) >= 11 is 0. The Balaban J connectivity index is 0.000000276. The topological polar surface area (TPSA) is 244 Å². The van der Waals surface area contributed by atoms with Gasteiger partial charge in [0, 0.05) is 48.8 Å². The van der Waals surface area contributed by atoms with Crippen molar-refractivity contribution in [2.75, 3.05) is 78.2 Å². The van der Waals surface area contributed by atoms with Crippen LogP contribution in [0, 0.1) is 46.5 Å². The molecule has 8 aromatic rings. The number of benzene rings is 4. The molecule has 0 fully saturated rings. The van der Waals surface area contributed by atoms with Crippen molar-refractivity contribution in [3.05, 3.63) is 118 Å². The molecule has 4 aromatic heterocycles. The van der Waals surface area contributed by atoms with E-state index >= 15 is 0 Å². The number of anilines is 2. The van der Waals surface area contributed by atoms with Gasteiger partial charge >= 0.3 is 11.9 Å². The number of nitrogens with two attached hydrogens (primary N) is 2. The minimum atomic E-state index is -1.79. The zero-order chi connectivity index (χ0) is 63.2. The number of rotatable bonds is 31. The first-order valence-corrected chi connectivity index (χ1v) is 29.1. The number of nitrogens with one attached hydrogen (secondary N) is 2. The maximum Gasteiger partial charge on any atom is 0.313 e. The van der Waals surface area contributed by atoms with E-state index in [1.54, 1.807) is 0 Å². The highest BCUT2D eigenvalue weighted by Gasteiger charge is 2.24. The van der Waals surface area contributed by atoms with Crippen LogP contribution in [0.25, 0.3) is 43.9 Å². The second kappa shape index (κ2) is 35.3. The maximum absolute atomic E-state index is 13.6. The highest BCUT2D eigenvalue weighted by Crippen LogP contribution is 2.31. The number of phenols is 1. The summed E-state index contributed by atoms with van der Waals surface area (Å²) in [6.07, 6.45) is 14.3. The summed E-state index contributed by atoms with van der Waals surface area (Å²) in [7, 11) is 4.04. The number of aromatic amines is 2. The van der Waals surface area contributed by atoms with Crippen molar-refractivity contribution < 1.29 is 69.1 Å². The Morgan fingerprint density at radius 3 is 1.38 bits per heavy atom. The van der Waals surface area contributed by atoms with Gasteiger partial charge in [-0.25, -0.2) is 37.5 Å². The SMILES string of the molecule is C.CCCCc1nc2c([nH]1)c(N)nc1cc(CCCCCN(C)CCOCCC(=O)O)ccc12.CCCCc1nc2c([nH]1)c(N)nc1cc(CCCCCN(C)CCOCCC(=O)Oc3c(F)c(F)cc(F)c3F)ccc12.Oc1c(F)c(F)cc(F)c1F. The fourth-order valence-electron chi connectivity index (χ4n) is 9.28. The van der Waals surface area contributed by atoms with Crippen molar-refractivity contribution >= 4 is 67.4 Å². The van der Waals surface area contributed by atoms with Crippen LogP contribution in [-0.4, -0.2) is 129 Å². The number of aromatic nitrogens is 6. The number of nitrogen functional groups attached to an aromatic ring is 2. The van der Waals surface area contributed by atoms with E-state index in [1.165, 1.54) is 11.1 Å². The molecule has 480 valence electrons. The summed E-state index contributed by atoms with van der Waals surface area (Å²) in [4.78, 5) is 52.1. The highest BCUT2D eigenvalue weighted by atomic mass is 19.2. The molecule has 0 aliphatic carbocycles. The molecule has 0 aliphatic rings. The van der Waals surface area contributed by atoms with E-state index in [2.05, 4.69) is 91.8 Å². The predicted octanol–water partition coefficient (Wildman–Crippen LogP) is 13.0. The lowest BCUT2D eigenvalue weighted by molar-refractivity contribution is -0.138. The number of aromatic hydroxyl groups is 1. The zero-order valence-corrected chi connectivity index (χ0v) is 49.4. The van der Waals surface area contributed by atoms with Crippen molar-refractivity contribution in [2.45, 2.75) is 124 Å². The Labute approximate surface area is 506 Å². The van der Waals surface area contributed by atoms with Gasteiger partial charge in [-0.3, -0.25) is 9.59 Å². The molecule has 0 bridgehead atoms. The number of nitrogens with zero attached hydrogens (tertiary/aromatic N) is 6. The molecule has 0 saturated carbocycles. The third-order valence-corrected chi connectivity index (χ3v) is 14.2. The number of H-pyrrole nitrogens is 2. The minimum Gasteiger partial charge on any atom is -0.503 e. The number of carboxylic acid groups (broad SMARTS) is 1. The van der Waals surface area contributed by atoms with Crippen LogP contribution in [0.15, 0.2) is 48.5 Å². The number of pyridine rings is 2. The number of halogens is 8. The van der Waals surface area contributed by atoms with E-state index < -0.39 is 70.0 Å². The number of ether oxygens (including phenoxy) is 3. The average Bonchev–Trinajstić information content (AvgIpc) is 2.72. The normalized spacial score (nSPS) is 11.4. The van der Waals surface area contributed by atoms with Gasteiger partial charge in [0.1, 0.15) is 45.4 Å². The van der Waals surface area contributed by atoms with Gasteiger partial charge in [-0.2, -0.15) is 17.6 Å². The molecule has 0 amide bonds. The lowest BCUT2D eigenvalue weighted by Gasteiger charge is -2.16. The van der Waals surface area contributed by atoms with Gasteiger partial charge < -0.3 is 55.7 Å². The summed E-state index contributed by atoms with van der Waals surface area (Å²) in [5.74, 6) is -15.7. The summed E-state index contributed by atoms with van der Waals surface area (Å²) in [6.45, 7) is 8.75. The maximum atomic E-state index is 13.6. The Kier molecular flexibility index (Phi) is 28.5. The van der Waals surface area contributed by atoms with Crippen molar-refractivity contribution in [1.82, 2.24) is 39.7 Å². The Morgan fingerprint density at radius 2 is 0.955 bits per heavy atom. The predicted molar refractivity (Wildman–Crippen MR) is 324 cm³/mol. The molecular formula is C63H80F8N10O7. The van der Waals surface area contributed by atoms with Crippen LogP contribution in [0.2, 0.25) is 0 Å². The van der Waals surface area contributed by atoms with Gasteiger partial charge in [0.15, 0.2) is 29.0 Å². The van der Waals surface area contributed by atoms with Gasteiger partial charge in [0.2, 0.25) is 29.0 Å². The van der Waals surface area contributed by atoms with E-state index in [4.69, 9.17) is 41.1 Å². The number of hydrogen-bond donors (Lipinski definition) is 6. The first kappa shape index (κ1) is 71.0. The molecule has 0 spiro atoms. The van der Waals surface area contributed by atoms with E-state index in [1.807, 2.05) is 7.05 Å². The van der Waals surface area contributed by atoms with Crippen molar-refractivity contribution in [3.8, 4) is 11.5 Å². The first-order valence-electron chi connectivity index (χ1n) is 29.1. The Hall–Kier alpha value is -7.74. The number of phenolic OH excluding ortho intramolecular Hbond substituents is 1. The van der Waals surface area contributed by atoms with E-state index in [0.29, 0.717) is 31.4 Å². The molecule has 0 saturated heterocycles. The van der Waals surface area contributed by atoms with Crippen LogP contribution >= 0.6 is 0 Å². The standard InChI is InChI=1S/C31H37F4N5O3.C25H37N5O3.C6H2F4O.CH4/c1-3-4-9-24-38-28-20-11-10-19(17-23(20)37-31(36)29(28)39-24)8-6-5-7-13-40(2)14-16-42-15-12-25(41)43-30-26(34)21(32)18-22(33)27(30)35;1-3-4-9-21-28-23-19-11-10-18(17-20(19)27-25(26)24(23)29-21)8-6-5-7-13-30(2)14-16-33-15-12-22(31)32;7-2-1-3(8)5(10)6(11)4(2)9;/h10-11,17-18H,3-9,12-16H2,1-2H3,(H2,36,37)(H,38,39);10-11,17H,3-9,12-16H2,1-2H3,(H2,26,27)(H,28,29)(H,31,32);1,11H;1H4. The summed E-state index contributed by atoms with van der Waals surface area (Å²) in [5.41, 5.74) is 20.1. The van der Waals surface area contributed by atoms with Crippen LogP contribution < -0.4 is 16.2 Å². The summed E-state index contributed by atoms with van der Waals surface area (Å²) in [5, 5.41) is 19.0. The number of fused-ring (bicyclic) bond motifs is 6. The van der Waals surface area contributed by atoms with E-state index in [0.717, 1.165) is 165 Å². The fraction of sp³-hybridized carbons (Fsp3) is 0.460. The van der Waals surface area contributed by atoms with Gasteiger partial charge in [0.05, 0.1) is 50.3 Å². The number of carboxylic acids is 1. The number of hydrogen-bond acceptors (Lipinski definition) is 14. The molecule has 0 unspecified atom stereocenters. The van der Waals surface area contributed by atoms with E-state index in [9.17, 15) is 44.7 Å². The molecule has 8 N–H and O–H groups in total. The number of unbranched alkanes of at least 4 members (excludes halogenated alkanes) is 6.